The highest BCUT2D eigenvalue weighted by atomic mass is 16.5. The van der Waals surface area contributed by atoms with Crippen LogP contribution in [0.5, 0.6) is 5.75 Å². The SMILES string of the molecule is COc1ccc(-c2n[nH]c3c2C(c2ccc(C)cc2)N(CC(C)C)C3=O)cc1. The predicted octanol–water partition coefficient (Wildman–Crippen LogP) is 4.59. The van der Waals surface area contributed by atoms with Crippen molar-refractivity contribution >= 4 is 5.91 Å². The van der Waals surface area contributed by atoms with Crippen molar-refractivity contribution in [2.24, 2.45) is 5.92 Å². The number of aryl methyl sites for hydroxylation is 1. The van der Waals surface area contributed by atoms with Gasteiger partial charge in [-0.1, -0.05) is 43.7 Å². The normalized spacial score (nSPS) is 16.0. The first-order valence-electron chi connectivity index (χ1n) is 9.59. The summed E-state index contributed by atoms with van der Waals surface area (Å²) in [5.74, 6) is 1.18. The fourth-order valence-electron chi connectivity index (χ4n) is 3.84. The second-order valence-corrected chi connectivity index (χ2v) is 7.75. The monoisotopic (exact) mass is 375 g/mol. The molecule has 0 spiro atoms. The van der Waals surface area contributed by atoms with Crippen LogP contribution >= 0.6 is 0 Å². The van der Waals surface area contributed by atoms with Gasteiger partial charge in [0.05, 0.1) is 18.8 Å². The summed E-state index contributed by atoms with van der Waals surface area (Å²) in [6.45, 7) is 7.03. The highest BCUT2D eigenvalue weighted by Crippen LogP contribution is 2.43. The van der Waals surface area contributed by atoms with Gasteiger partial charge in [0.25, 0.3) is 5.91 Å². The Bertz CT molecular complexity index is 988. The molecular weight excluding hydrogens is 350 g/mol. The van der Waals surface area contributed by atoms with Crippen molar-refractivity contribution in [3.63, 3.8) is 0 Å². The Hall–Kier alpha value is -3.08. The number of nitrogens with one attached hydrogen (secondary N) is 1. The van der Waals surface area contributed by atoms with E-state index < -0.39 is 0 Å². The molecule has 1 aromatic heterocycles. The number of ether oxygens (including phenoxy) is 1. The molecule has 28 heavy (non-hydrogen) atoms. The maximum Gasteiger partial charge on any atom is 0.273 e. The van der Waals surface area contributed by atoms with Gasteiger partial charge in [-0.05, 0) is 42.7 Å². The number of rotatable bonds is 5. The molecule has 5 nitrogen and oxygen atoms in total. The number of aromatic amines is 1. The van der Waals surface area contributed by atoms with Crippen LogP contribution in [0.3, 0.4) is 0 Å². The summed E-state index contributed by atoms with van der Waals surface area (Å²) in [5, 5.41) is 7.51. The Morgan fingerprint density at radius 1 is 1.11 bits per heavy atom. The molecule has 4 rings (SSSR count). The van der Waals surface area contributed by atoms with Crippen LogP contribution in [-0.2, 0) is 0 Å². The Labute approximate surface area is 165 Å². The average molecular weight is 375 g/mol. The van der Waals surface area contributed by atoms with Gasteiger partial charge in [-0.3, -0.25) is 9.89 Å². The van der Waals surface area contributed by atoms with Gasteiger partial charge in [0.15, 0.2) is 0 Å². The number of carbonyl (C=O) groups is 1. The van der Waals surface area contributed by atoms with Crippen LogP contribution in [0.2, 0.25) is 0 Å². The third-order valence-electron chi connectivity index (χ3n) is 5.18. The Kier molecular flexibility index (Phi) is 4.67. The van der Waals surface area contributed by atoms with Crippen molar-refractivity contribution in [3.05, 3.63) is 70.9 Å². The second kappa shape index (κ2) is 7.15. The van der Waals surface area contributed by atoms with E-state index in [0.29, 0.717) is 18.2 Å². The minimum Gasteiger partial charge on any atom is -0.497 e. The van der Waals surface area contributed by atoms with Gasteiger partial charge in [-0.15, -0.1) is 0 Å². The molecule has 0 saturated heterocycles. The van der Waals surface area contributed by atoms with E-state index in [1.165, 1.54) is 5.56 Å². The lowest BCUT2D eigenvalue weighted by atomic mass is 9.95. The molecule has 2 heterocycles. The number of hydrogen-bond acceptors (Lipinski definition) is 3. The van der Waals surface area contributed by atoms with E-state index in [4.69, 9.17) is 4.74 Å². The van der Waals surface area contributed by atoms with E-state index in [1.54, 1.807) is 7.11 Å². The average Bonchev–Trinajstić information content (AvgIpc) is 3.22. The van der Waals surface area contributed by atoms with Crippen LogP contribution in [0.4, 0.5) is 0 Å². The van der Waals surface area contributed by atoms with Crippen LogP contribution in [0, 0.1) is 12.8 Å². The first-order chi connectivity index (χ1) is 13.5. The van der Waals surface area contributed by atoms with Gasteiger partial charge >= 0.3 is 0 Å². The van der Waals surface area contributed by atoms with Crippen LogP contribution in [0.15, 0.2) is 48.5 Å². The summed E-state index contributed by atoms with van der Waals surface area (Å²) in [5.41, 5.74) is 5.65. The summed E-state index contributed by atoms with van der Waals surface area (Å²) in [6, 6.07) is 16.1. The van der Waals surface area contributed by atoms with Crippen LogP contribution in [0.25, 0.3) is 11.3 Å². The number of methoxy groups -OCH3 is 1. The first kappa shape index (κ1) is 18.3. The molecule has 1 atom stereocenters. The standard InChI is InChI=1S/C23H25N3O2/c1-14(2)13-26-22(17-7-5-15(3)6-8-17)19-20(24-25-21(19)23(26)27)16-9-11-18(28-4)12-10-16/h5-12,14,22H,13H2,1-4H3,(H,24,25). The Morgan fingerprint density at radius 3 is 2.39 bits per heavy atom. The molecule has 1 N–H and O–H groups in total. The van der Waals surface area contributed by atoms with Gasteiger partial charge in [-0.25, -0.2) is 0 Å². The highest BCUT2D eigenvalue weighted by Gasteiger charge is 2.42. The molecule has 0 bridgehead atoms. The van der Waals surface area contributed by atoms with E-state index in [9.17, 15) is 4.79 Å². The molecule has 1 unspecified atom stereocenters. The third-order valence-corrected chi connectivity index (χ3v) is 5.18. The molecule has 144 valence electrons. The second-order valence-electron chi connectivity index (χ2n) is 7.75. The maximum absolute atomic E-state index is 13.2. The van der Waals surface area contributed by atoms with Gasteiger partial charge in [-0.2, -0.15) is 5.10 Å². The fraction of sp³-hybridized carbons (Fsp3) is 0.304. The summed E-state index contributed by atoms with van der Waals surface area (Å²) in [7, 11) is 1.65. The molecular formula is C23H25N3O2. The summed E-state index contributed by atoms with van der Waals surface area (Å²) in [6.07, 6.45) is 0. The zero-order valence-electron chi connectivity index (χ0n) is 16.7. The minimum absolute atomic E-state index is 0.0153. The lowest BCUT2D eigenvalue weighted by molar-refractivity contribution is 0.0722. The van der Waals surface area contributed by atoms with E-state index in [-0.39, 0.29) is 11.9 Å². The topological polar surface area (TPSA) is 58.2 Å². The molecule has 1 aliphatic rings. The van der Waals surface area contributed by atoms with Crippen molar-refractivity contribution in [3.8, 4) is 17.0 Å². The molecule has 5 heteroatoms. The lowest BCUT2D eigenvalue weighted by Crippen LogP contribution is -2.32. The number of benzene rings is 2. The molecule has 3 aromatic rings. The minimum atomic E-state index is -0.138. The number of aromatic nitrogens is 2. The van der Waals surface area contributed by atoms with Gasteiger partial charge in [0.1, 0.15) is 11.4 Å². The summed E-state index contributed by atoms with van der Waals surface area (Å²) in [4.78, 5) is 15.1. The van der Waals surface area contributed by atoms with Gasteiger partial charge < -0.3 is 9.64 Å². The van der Waals surface area contributed by atoms with Gasteiger partial charge in [0.2, 0.25) is 0 Å². The lowest BCUT2D eigenvalue weighted by Gasteiger charge is -2.28. The summed E-state index contributed by atoms with van der Waals surface area (Å²) >= 11 is 0. The summed E-state index contributed by atoms with van der Waals surface area (Å²) < 4.78 is 5.27. The van der Waals surface area contributed by atoms with Crippen molar-refractivity contribution in [2.75, 3.05) is 13.7 Å². The number of nitrogens with zero attached hydrogens (tertiary/aromatic N) is 2. The van der Waals surface area contributed by atoms with Crippen molar-refractivity contribution in [1.29, 1.82) is 0 Å². The van der Waals surface area contributed by atoms with Crippen LogP contribution in [0.1, 0.15) is 47.1 Å². The molecule has 0 aliphatic carbocycles. The van der Waals surface area contributed by atoms with Crippen molar-refractivity contribution < 1.29 is 9.53 Å². The number of amides is 1. The zero-order chi connectivity index (χ0) is 19.8. The predicted molar refractivity (Wildman–Crippen MR) is 109 cm³/mol. The Morgan fingerprint density at radius 2 is 1.79 bits per heavy atom. The largest absolute Gasteiger partial charge is 0.497 e. The van der Waals surface area contributed by atoms with Crippen LogP contribution in [-0.4, -0.2) is 34.7 Å². The molecule has 1 amide bonds. The van der Waals surface area contributed by atoms with E-state index in [0.717, 1.165) is 28.1 Å². The first-order valence-corrected chi connectivity index (χ1v) is 9.59. The van der Waals surface area contributed by atoms with Gasteiger partial charge in [0, 0.05) is 17.7 Å². The highest BCUT2D eigenvalue weighted by molar-refractivity contribution is 6.00. The number of H-pyrrole nitrogens is 1. The van der Waals surface area contributed by atoms with Crippen LogP contribution < -0.4 is 4.74 Å². The number of hydrogen-bond donors (Lipinski definition) is 1. The van der Waals surface area contributed by atoms with E-state index in [1.807, 2.05) is 29.2 Å². The van der Waals surface area contributed by atoms with E-state index >= 15 is 0 Å². The fourth-order valence-corrected chi connectivity index (χ4v) is 3.84. The maximum atomic E-state index is 13.2. The molecule has 0 radical (unpaired) electrons. The molecule has 2 aromatic carbocycles. The number of fused-ring (bicyclic) bond motifs is 1. The molecule has 0 saturated carbocycles. The third kappa shape index (κ3) is 3.07. The molecule has 0 fully saturated rings. The smallest absolute Gasteiger partial charge is 0.273 e. The Balaban J connectivity index is 1.85. The van der Waals surface area contributed by atoms with E-state index in [2.05, 4.69) is 55.2 Å². The van der Waals surface area contributed by atoms with Crippen molar-refractivity contribution in [2.45, 2.75) is 26.8 Å². The quantitative estimate of drug-likeness (QED) is 0.709. The zero-order valence-corrected chi connectivity index (χ0v) is 16.7. The number of carbonyl (C=O) groups excluding carboxylic acids is 1. The molecule has 1 aliphatic heterocycles. The van der Waals surface area contributed by atoms with Crippen molar-refractivity contribution in [1.82, 2.24) is 15.1 Å².